The molecule has 110 valence electrons. The van der Waals surface area contributed by atoms with Crippen LogP contribution in [0.25, 0.3) is 0 Å². The summed E-state index contributed by atoms with van der Waals surface area (Å²) >= 11 is 0.934. The van der Waals surface area contributed by atoms with Crippen LogP contribution in [0.5, 0.6) is 0 Å². The van der Waals surface area contributed by atoms with Crippen LogP contribution >= 0.6 is 11.8 Å². The van der Waals surface area contributed by atoms with E-state index < -0.39 is 22.9 Å². The summed E-state index contributed by atoms with van der Waals surface area (Å²) < 4.78 is 4.91. The standard InChI is InChI=1S/C12H16N2O5S/c1-4-7(11(17)19-5-2)20-9-8(10(15)16)6(3)13-12(18)14-9/h7H,4-5H2,1-3H3,(H,15,16)(H,13,14,18). The molecule has 0 amide bonds. The zero-order valence-electron chi connectivity index (χ0n) is 11.4. The van der Waals surface area contributed by atoms with Gasteiger partial charge in [0, 0.05) is 5.69 Å². The van der Waals surface area contributed by atoms with Crippen LogP contribution in [0.4, 0.5) is 0 Å². The molecular weight excluding hydrogens is 284 g/mol. The maximum atomic E-state index is 11.7. The lowest BCUT2D eigenvalue weighted by Gasteiger charge is -2.14. The summed E-state index contributed by atoms with van der Waals surface area (Å²) in [6.45, 7) is 5.17. The smallest absolute Gasteiger partial charge is 0.346 e. The number of aromatic nitrogens is 2. The van der Waals surface area contributed by atoms with Gasteiger partial charge in [0.1, 0.15) is 15.8 Å². The van der Waals surface area contributed by atoms with E-state index in [1.54, 1.807) is 13.8 Å². The molecule has 0 aliphatic carbocycles. The van der Waals surface area contributed by atoms with Gasteiger partial charge in [-0.15, -0.1) is 0 Å². The van der Waals surface area contributed by atoms with Crippen molar-refractivity contribution in [1.82, 2.24) is 9.97 Å². The number of aryl methyl sites for hydroxylation is 1. The minimum absolute atomic E-state index is 0.0265. The van der Waals surface area contributed by atoms with Crippen molar-refractivity contribution in [2.45, 2.75) is 37.5 Å². The number of aromatic amines is 1. The molecule has 8 heteroatoms. The summed E-state index contributed by atoms with van der Waals surface area (Å²) in [7, 11) is 0. The Labute approximate surface area is 119 Å². The molecule has 1 aromatic heterocycles. The van der Waals surface area contributed by atoms with E-state index in [1.807, 2.05) is 0 Å². The van der Waals surface area contributed by atoms with Crippen LogP contribution < -0.4 is 5.69 Å². The Balaban J connectivity index is 3.15. The number of rotatable bonds is 6. The summed E-state index contributed by atoms with van der Waals surface area (Å²) in [4.78, 5) is 40.3. The van der Waals surface area contributed by atoms with E-state index in [4.69, 9.17) is 4.74 Å². The lowest BCUT2D eigenvalue weighted by molar-refractivity contribution is -0.142. The number of ether oxygens (including phenoxy) is 1. The molecule has 0 saturated carbocycles. The van der Waals surface area contributed by atoms with Crippen molar-refractivity contribution in [3.05, 3.63) is 21.7 Å². The third-order valence-electron chi connectivity index (χ3n) is 2.47. The largest absolute Gasteiger partial charge is 0.478 e. The van der Waals surface area contributed by atoms with Gasteiger partial charge in [-0.3, -0.25) is 4.79 Å². The first kappa shape index (κ1) is 16.2. The van der Waals surface area contributed by atoms with Crippen molar-refractivity contribution in [2.75, 3.05) is 6.61 Å². The quantitative estimate of drug-likeness (QED) is 0.461. The van der Waals surface area contributed by atoms with Crippen LogP contribution in [-0.2, 0) is 9.53 Å². The molecule has 1 atom stereocenters. The first-order valence-corrected chi connectivity index (χ1v) is 6.96. The molecule has 20 heavy (non-hydrogen) atoms. The average molecular weight is 300 g/mol. The van der Waals surface area contributed by atoms with Crippen LogP contribution in [0.3, 0.4) is 0 Å². The number of carboxylic acid groups (broad SMARTS) is 1. The van der Waals surface area contributed by atoms with E-state index in [0.717, 1.165) is 11.8 Å². The van der Waals surface area contributed by atoms with Crippen molar-refractivity contribution in [3.8, 4) is 0 Å². The first-order valence-electron chi connectivity index (χ1n) is 6.08. The SMILES string of the molecule is CCOC(=O)C(CC)Sc1nc(=O)[nH]c(C)c1C(=O)O. The molecule has 0 spiro atoms. The maximum Gasteiger partial charge on any atom is 0.346 e. The molecule has 0 aromatic carbocycles. The van der Waals surface area contributed by atoms with Crippen LogP contribution in [0.15, 0.2) is 9.82 Å². The van der Waals surface area contributed by atoms with Crippen molar-refractivity contribution in [2.24, 2.45) is 0 Å². The Bertz CT molecular complexity index is 569. The van der Waals surface area contributed by atoms with E-state index in [9.17, 15) is 19.5 Å². The zero-order chi connectivity index (χ0) is 15.3. The number of H-pyrrole nitrogens is 1. The minimum Gasteiger partial charge on any atom is -0.478 e. The zero-order valence-corrected chi connectivity index (χ0v) is 12.2. The van der Waals surface area contributed by atoms with E-state index in [1.165, 1.54) is 6.92 Å². The van der Waals surface area contributed by atoms with Gasteiger partial charge in [-0.1, -0.05) is 18.7 Å². The highest BCUT2D eigenvalue weighted by molar-refractivity contribution is 8.00. The average Bonchev–Trinajstić information content (AvgIpc) is 2.34. The number of carbonyl (C=O) groups is 2. The Kier molecular flexibility index (Phi) is 5.75. The molecule has 0 radical (unpaired) electrons. The predicted octanol–water partition coefficient (Wildman–Crippen LogP) is 1.21. The molecule has 1 aromatic rings. The van der Waals surface area contributed by atoms with Crippen molar-refractivity contribution >= 4 is 23.7 Å². The number of hydrogen-bond donors (Lipinski definition) is 2. The predicted molar refractivity (Wildman–Crippen MR) is 73.1 cm³/mol. The number of nitrogens with one attached hydrogen (secondary N) is 1. The maximum absolute atomic E-state index is 11.7. The molecule has 0 fully saturated rings. The number of thioether (sulfide) groups is 1. The van der Waals surface area contributed by atoms with Crippen LogP contribution in [-0.4, -0.2) is 38.9 Å². The van der Waals surface area contributed by atoms with Crippen LogP contribution in [0, 0.1) is 6.92 Å². The fourth-order valence-corrected chi connectivity index (χ4v) is 2.66. The van der Waals surface area contributed by atoms with E-state index >= 15 is 0 Å². The van der Waals surface area contributed by atoms with Gasteiger partial charge in [0.2, 0.25) is 0 Å². The number of hydrogen-bond acceptors (Lipinski definition) is 6. The molecule has 1 heterocycles. The van der Waals surface area contributed by atoms with Gasteiger partial charge < -0.3 is 14.8 Å². The normalized spacial score (nSPS) is 11.9. The minimum atomic E-state index is -1.20. The molecule has 1 unspecified atom stereocenters. The third kappa shape index (κ3) is 3.83. The van der Waals surface area contributed by atoms with Gasteiger partial charge in [-0.05, 0) is 20.3 Å². The van der Waals surface area contributed by atoms with Gasteiger partial charge in [0.05, 0.1) is 6.61 Å². The first-order chi connectivity index (χ1) is 9.40. The highest BCUT2D eigenvalue weighted by Gasteiger charge is 2.25. The monoisotopic (exact) mass is 300 g/mol. The number of aromatic carboxylic acids is 1. The molecule has 7 nitrogen and oxygen atoms in total. The molecule has 0 saturated heterocycles. The summed E-state index contributed by atoms with van der Waals surface area (Å²) in [5.74, 6) is -1.65. The fourth-order valence-electron chi connectivity index (χ4n) is 1.56. The Morgan fingerprint density at radius 1 is 1.45 bits per heavy atom. The van der Waals surface area contributed by atoms with Crippen LogP contribution in [0.2, 0.25) is 0 Å². The van der Waals surface area contributed by atoms with E-state index in [0.29, 0.717) is 6.42 Å². The van der Waals surface area contributed by atoms with Crippen LogP contribution in [0.1, 0.15) is 36.3 Å². The fraction of sp³-hybridized carbons (Fsp3) is 0.500. The van der Waals surface area contributed by atoms with Gasteiger partial charge >= 0.3 is 17.6 Å². The van der Waals surface area contributed by atoms with Crippen molar-refractivity contribution in [1.29, 1.82) is 0 Å². The lowest BCUT2D eigenvalue weighted by Crippen LogP contribution is -2.23. The summed E-state index contributed by atoms with van der Waals surface area (Å²) in [5, 5.41) is 8.60. The third-order valence-corrected chi connectivity index (χ3v) is 3.80. The molecule has 1 rings (SSSR count). The molecule has 2 N–H and O–H groups in total. The second-order valence-electron chi connectivity index (χ2n) is 3.92. The van der Waals surface area contributed by atoms with E-state index in [-0.39, 0.29) is 22.9 Å². The summed E-state index contributed by atoms with van der Waals surface area (Å²) in [6.07, 6.45) is 0.441. The van der Waals surface area contributed by atoms with Crippen molar-refractivity contribution in [3.63, 3.8) is 0 Å². The van der Waals surface area contributed by atoms with Crippen molar-refractivity contribution < 1.29 is 19.4 Å². The van der Waals surface area contributed by atoms with Gasteiger partial charge in [-0.2, -0.15) is 4.98 Å². The highest BCUT2D eigenvalue weighted by Crippen LogP contribution is 2.27. The van der Waals surface area contributed by atoms with Gasteiger partial charge in [0.15, 0.2) is 0 Å². The lowest BCUT2D eigenvalue weighted by atomic mass is 10.2. The second kappa shape index (κ2) is 7.09. The van der Waals surface area contributed by atoms with Gasteiger partial charge in [-0.25, -0.2) is 9.59 Å². The number of carboxylic acids is 1. The molecule has 0 aliphatic rings. The molecular formula is C12H16N2O5S. The number of carbonyl (C=O) groups excluding carboxylic acids is 1. The van der Waals surface area contributed by atoms with E-state index in [2.05, 4.69) is 9.97 Å². The Hall–Kier alpha value is -1.83. The summed E-state index contributed by atoms with van der Waals surface area (Å²) in [5.41, 5.74) is -0.537. The molecule has 0 aliphatic heterocycles. The van der Waals surface area contributed by atoms with Gasteiger partial charge in [0.25, 0.3) is 0 Å². The number of esters is 1. The second-order valence-corrected chi connectivity index (χ2v) is 5.11. The summed E-state index contributed by atoms with van der Waals surface area (Å²) in [6, 6.07) is 0. The topological polar surface area (TPSA) is 109 Å². The Morgan fingerprint density at radius 3 is 2.60 bits per heavy atom. The highest BCUT2D eigenvalue weighted by atomic mass is 32.2. The Morgan fingerprint density at radius 2 is 2.10 bits per heavy atom. The number of nitrogens with zero attached hydrogens (tertiary/aromatic N) is 1. The molecule has 0 bridgehead atoms.